The summed E-state index contributed by atoms with van der Waals surface area (Å²) in [4.78, 5) is 25.6. The number of nitrogens with zero attached hydrogens (tertiary/aromatic N) is 6. The predicted molar refractivity (Wildman–Crippen MR) is 226 cm³/mol. The highest BCUT2D eigenvalue weighted by Crippen LogP contribution is 2.41. The van der Waals surface area contributed by atoms with E-state index in [1.54, 1.807) is 0 Å². The summed E-state index contributed by atoms with van der Waals surface area (Å²) in [5.74, 6) is 2.22. The maximum atomic E-state index is 6.77. The molecule has 12 rings (SSSR count). The Bertz CT molecular complexity index is 3520. The van der Waals surface area contributed by atoms with Crippen molar-refractivity contribution in [1.29, 1.82) is 0 Å². The van der Waals surface area contributed by atoms with Crippen LogP contribution in [0.3, 0.4) is 0 Å². The Morgan fingerprint density at radius 2 is 0.947 bits per heavy atom. The summed E-state index contributed by atoms with van der Waals surface area (Å²) in [7, 11) is 0. The molecule has 7 aromatic carbocycles. The third kappa shape index (κ3) is 4.97. The summed E-state index contributed by atoms with van der Waals surface area (Å²) in [6, 6.07) is 57.0. The molecular weight excluding hydrogens is 705 g/mol. The van der Waals surface area contributed by atoms with Crippen molar-refractivity contribution in [3.63, 3.8) is 0 Å². The number of fused-ring (bicyclic) bond motifs is 9. The number of hydrogen-bond donors (Lipinski definition) is 0. The zero-order valence-electron chi connectivity index (χ0n) is 30.2. The van der Waals surface area contributed by atoms with E-state index in [0.717, 1.165) is 82.6 Å². The molecule has 0 saturated carbocycles. The molecule has 12 aromatic rings. The van der Waals surface area contributed by atoms with E-state index in [-0.39, 0.29) is 0 Å². The first-order valence-electron chi connectivity index (χ1n) is 18.8. The molecule has 5 aromatic heterocycles. The number of benzene rings is 7. The minimum Gasteiger partial charge on any atom is -0.456 e. The highest BCUT2D eigenvalue weighted by atomic mass is 16.3. The van der Waals surface area contributed by atoms with Gasteiger partial charge in [-0.2, -0.15) is 9.97 Å². The predicted octanol–water partition coefficient (Wildman–Crippen LogP) is 12.2. The normalized spacial score (nSPS) is 11.9. The van der Waals surface area contributed by atoms with Gasteiger partial charge in [0.25, 0.3) is 0 Å². The Kier molecular flexibility index (Phi) is 6.76. The number of aromatic nitrogens is 6. The third-order valence-corrected chi connectivity index (χ3v) is 10.7. The fourth-order valence-electron chi connectivity index (χ4n) is 8.00. The van der Waals surface area contributed by atoms with Crippen molar-refractivity contribution in [2.75, 3.05) is 0 Å². The van der Waals surface area contributed by atoms with Crippen molar-refractivity contribution in [3.8, 4) is 51.4 Å². The molecule has 57 heavy (non-hydrogen) atoms. The highest BCUT2D eigenvalue weighted by Gasteiger charge is 2.23. The second kappa shape index (κ2) is 12.3. The standard InChI is InChI=1S/C49H28N6O2/c1-4-14-29(15-5-1)43-45-44(51-46(50-43)30-16-6-2-7-17-30)37-27-36-33-20-10-12-22-38(33)55(39(36)28-42(37)57-45)49-53-47(31-18-8-3-9-19-31)52-48(54-49)32-24-25-35-34-21-11-13-23-40(34)56-41(35)26-32/h1-28H. The molecule has 5 heterocycles. The Hall–Kier alpha value is -7.97. The zero-order chi connectivity index (χ0) is 37.5. The van der Waals surface area contributed by atoms with Crippen LogP contribution in [0.4, 0.5) is 0 Å². The van der Waals surface area contributed by atoms with E-state index in [1.807, 2.05) is 109 Å². The van der Waals surface area contributed by atoms with Crippen molar-refractivity contribution >= 4 is 65.8 Å². The van der Waals surface area contributed by atoms with Crippen LogP contribution in [0.5, 0.6) is 0 Å². The maximum absolute atomic E-state index is 6.77. The maximum Gasteiger partial charge on any atom is 0.238 e. The van der Waals surface area contributed by atoms with E-state index in [4.69, 9.17) is 33.8 Å². The van der Waals surface area contributed by atoms with Crippen molar-refractivity contribution in [2.24, 2.45) is 0 Å². The molecule has 8 nitrogen and oxygen atoms in total. The van der Waals surface area contributed by atoms with E-state index in [1.165, 1.54) is 0 Å². The summed E-state index contributed by atoms with van der Waals surface area (Å²) >= 11 is 0. The lowest BCUT2D eigenvalue weighted by Crippen LogP contribution is -2.06. The first kappa shape index (κ1) is 31.4. The molecule has 0 unspecified atom stereocenters. The molecule has 0 radical (unpaired) electrons. The van der Waals surface area contributed by atoms with Crippen LogP contribution in [0.15, 0.2) is 179 Å². The van der Waals surface area contributed by atoms with Crippen LogP contribution in [-0.2, 0) is 0 Å². The van der Waals surface area contributed by atoms with Crippen molar-refractivity contribution in [1.82, 2.24) is 29.5 Å². The van der Waals surface area contributed by atoms with Gasteiger partial charge in [0.15, 0.2) is 23.1 Å². The molecule has 266 valence electrons. The lowest BCUT2D eigenvalue weighted by Gasteiger charge is -2.11. The van der Waals surface area contributed by atoms with Gasteiger partial charge < -0.3 is 8.83 Å². The molecule has 0 aliphatic carbocycles. The van der Waals surface area contributed by atoms with Crippen molar-refractivity contribution in [2.45, 2.75) is 0 Å². The van der Waals surface area contributed by atoms with Crippen LogP contribution in [-0.4, -0.2) is 29.5 Å². The highest BCUT2D eigenvalue weighted by molar-refractivity contribution is 6.17. The van der Waals surface area contributed by atoms with Crippen LogP contribution < -0.4 is 0 Å². The second-order valence-electron chi connectivity index (χ2n) is 14.1. The van der Waals surface area contributed by atoms with Crippen LogP contribution in [0.1, 0.15) is 0 Å². The number of para-hydroxylation sites is 2. The third-order valence-electron chi connectivity index (χ3n) is 10.7. The summed E-state index contributed by atoms with van der Waals surface area (Å²) in [6.07, 6.45) is 0. The Morgan fingerprint density at radius 3 is 1.70 bits per heavy atom. The first-order valence-corrected chi connectivity index (χ1v) is 18.8. The minimum atomic E-state index is 0.487. The quantitative estimate of drug-likeness (QED) is 0.174. The van der Waals surface area contributed by atoms with Gasteiger partial charge in [0.1, 0.15) is 28.0 Å². The van der Waals surface area contributed by atoms with Gasteiger partial charge in [-0.05, 0) is 30.3 Å². The van der Waals surface area contributed by atoms with E-state index in [9.17, 15) is 0 Å². The Balaban J connectivity index is 1.12. The van der Waals surface area contributed by atoms with Crippen LogP contribution >= 0.6 is 0 Å². The van der Waals surface area contributed by atoms with Gasteiger partial charge in [-0.25, -0.2) is 15.0 Å². The van der Waals surface area contributed by atoms with Crippen molar-refractivity contribution < 1.29 is 8.83 Å². The van der Waals surface area contributed by atoms with Gasteiger partial charge in [0, 0.05) is 55.3 Å². The van der Waals surface area contributed by atoms with Gasteiger partial charge in [-0.3, -0.25) is 4.57 Å². The molecule has 0 aliphatic heterocycles. The molecule has 0 bridgehead atoms. The molecule has 0 aliphatic rings. The molecule has 0 N–H and O–H groups in total. The molecule has 8 heteroatoms. The molecule has 0 fully saturated rings. The summed E-state index contributed by atoms with van der Waals surface area (Å²) in [5.41, 5.74) is 9.87. The van der Waals surface area contributed by atoms with Crippen LogP contribution in [0.2, 0.25) is 0 Å². The zero-order valence-corrected chi connectivity index (χ0v) is 30.2. The topological polar surface area (TPSA) is 95.7 Å². The Morgan fingerprint density at radius 1 is 0.351 bits per heavy atom. The van der Waals surface area contributed by atoms with E-state index < -0.39 is 0 Å². The van der Waals surface area contributed by atoms with Crippen LogP contribution in [0, 0.1) is 0 Å². The average Bonchev–Trinajstić information content (AvgIpc) is 3.94. The molecule has 0 amide bonds. The lowest BCUT2D eigenvalue weighted by atomic mass is 10.1. The average molecular weight is 733 g/mol. The smallest absolute Gasteiger partial charge is 0.238 e. The number of rotatable bonds is 5. The van der Waals surface area contributed by atoms with Crippen LogP contribution in [0.25, 0.3) is 117 Å². The Labute approximate surface area is 324 Å². The van der Waals surface area contributed by atoms with Crippen molar-refractivity contribution in [3.05, 3.63) is 170 Å². The molecule has 0 spiro atoms. The second-order valence-corrected chi connectivity index (χ2v) is 14.1. The molecule has 0 atom stereocenters. The monoisotopic (exact) mass is 732 g/mol. The number of furan rings is 2. The molecular formula is C49H28N6O2. The summed E-state index contributed by atoms with van der Waals surface area (Å²) < 4.78 is 15.2. The van der Waals surface area contributed by atoms with Gasteiger partial charge in [-0.15, -0.1) is 0 Å². The van der Waals surface area contributed by atoms with E-state index >= 15 is 0 Å². The molecule has 0 saturated heterocycles. The van der Waals surface area contributed by atoms with E-state index in [0.29, 0.717) is 34.6 Å². The van der Waals surface area contributed by atoms with Gasteiger partial charge in [0.2, 0.25) is 5.95 Å². The van der Waals surface area contributed by atoms with Gasteiger partial charge >= 0.3 is 0 Å². The number of hydrogen-bond acceptors (Lipinski definition) is 7. The fourth-order valence-corrected chi connectivity index (χ4v) is 8.00. The first-order chi connectivity index (χ1) is 28.2. The fraction of sp³-hybridized carbons (Fsp3) is 0. The largest absolute Gasteiger partial charge is 0.456 e. The van der Waals surface area contributed by atoms with Gasteiger partial charge in [-0.1, -0.05) is 133 Å². The van der Waals surface area contributed by atoms with Gasteiger partial charge in [0.05, 0.1) is 11.0 Å². The summed E-state index contributed by atoms with van der Waals surface area (Å²) in [6.45, 7) is 0. The lowest BCUT2D eigenvalue weighted by molar-refractivity contribution is 0.667. The SMILES string of the molecule is c1ccc(-c2nc(-c3ccc4c(c3)oc3ccccc34)nc(-n3c4ccccc4c4cc5c(cc43)oc3c(-c4ccccc4)nc(-c4ccccc4)nc35)n2)cc1. The minimum absolute atomic E-state index is 0.487. The van der Waals surface area contributed by atoms with E-state index in [2.05, 4.69) is 65.2 Å². The summed E-state index contributed by atoms with van der Waals surface area (Å²) in [5, 5.41) is 5.09.